The third-order valence-electron chi connectivity index (χ3n) is 3.05. The maximum absolute atomic E-state index is 9.00. The van der Waals surface area contributed by atoms with Gasteiger partial charge in [-0.2, -0.15) is 0 Å². The second-order valence-corrected chi connectivity index (χ2v) is 4.23. The van der Waals surface area contributed by atoms with E-state index in [2.05, 4.69) is 13.8 Å². The van der Waals surface area contributed by atoms with Crippen LogP contribution in [0.4, 0.5) is 0 Å². The Bertz CT molecular complexity index is 141. The standard InChI is InChI=1S/C10H20.C2H4O2.C2H6/c1-3-9-6-5-7-10(4-2)8-9;1-2(3)4;1-2/h9-10H,3-8H2,1-2H3;1H3,(H,3,4);1-2H3. The fourth-order valence-corrected chi connectivity index (χ4v) is 2.14. The van der Waals surface area contributed by atoms with Gasteiger partial charge in [-0.25, -0.2) is 0 Å². The number of hydrogen-bond donors (Lipinski definition) is 1. The van der Waals surface area contributed by atoms with Crippen molar-refractivity contribution in [2.75, 3.05) is 0 Å². The predicted molar refractivity (Wildman–Crippen MR) is 70.7 cm³/mol. The molecular weight excluding hydrogens is 200 g/mol. The summed E-state index contributed by atoms with van der Waals surface area (Å²) in [5.41, 5.74) is 0. The Labute approximate surface area is 101 Å². The van der Waals surface area contributed by atoms with Crippen LogP contribution in [0.25, 0.3) is 0 Å². The van der Waals surface area contributed by atoms with Crippen molar-refractivity contribution in [2.45, 2.75) is 73.1 Å². The lowest BCUT2D eigenvalue weighted by Crippen LogP contribution is -2.13. The van der Waals surface area contributed by atoms with E-state index >= 15 is 0 Å². The Morgan fingerprint density at radius 1 is 1.12 bits per heavy atom. The molecule has 0 aromatic heterocycles. The molecule has 0 aromatic rings. The molecule has 0 saturated heterocycles. The summed E-state index contributed by atoms with van der Waals surface area (Å²) >= 11 is 0. The smallest absolute Gasteiger partial charge is 0.300 e. The van der Waals surface area contributed by atoms with E-state index in [4.69, 9.17) is 9.90 Å². The SMILES string of the molecule is CC.CC(=O)O.CCC1CCCC(CC)C1. The van der Waals surface area contributed by atoms with Crippen molar-refractivity contribution >= 4 is 5.97 Å². The largest absolute Gasteiger partial charge is 0.481 e. The molecule has 0 bridgehead atoms. The van der Waals surface area contributed by atoms with Gasteiger partial charge in [-0.3, -0.25) is 4.79 Å². The van der Waals surface area contributed by atoms with E-state index in [0.717, 1.165) is 18.8 Å². The van der Waals surface area contributed by atoms with Gasteiger partial charge in [-0.05, 0) is 18.3 Å². The van der Waals surface area contributed by atoms with Crippen molar-refractivity contribution < 1.29 is 9.90 Å². The topological polar surface area (TPSA) is 37.3 Å². The zero-order chi connectivity index (χ0) is 13.0. The molecule has 1 aliphatic carbocycles. The van der Waals surface area contributed by atoms with Crippen molar-refractivity contribution in [1.29, 1.82) is 0 Å². The highest BCUT2D eigenvalue weighted by Gasteiger charge is 2.18. The van der Waals surface area contributed by atoms with Gasteiger partial charge in [0.25, 0.3) is 5.97 Å². The predicted octanol–water partition coefficient (Wildman–Crippen LogP) is 4.73. The molecule has 2 unspecified atom stereocenters. The first-order chi connectivity index (χ1) is 7.60. The molecule has 1 saturated carbocycles. The van der Waals surface area contributed by atoms with Gasteiger partial charge in [-0.1, -0.05) is 59.8 Å². The maximum atomic E-state index is 9.00. The summed E-state index contributed by atoms with van der Waals surface area (Å²) in [7, 11) is 0. The number of carboxylic acids is 1. The third-order valence-corrected chi connectivity index (χ3v) is 3.05. The highest BCUT2D eigenvalue weighted by molar-refractivity contribution is 5.62. The molecule has 1 rings (SSSR count). The number of aliphatic carboxylic acids is 1. The number of carbonyl (C=O) groups is 1. The number of hydrogen-bond acceptors (Lipinski definition) is 1. The van der Waals surface area contributed by atoms with E-state index in [0.29, 0.717) is 0 Å². The monoisotopic (exact) mass is 230 g/mol. The Morgan fingerprint density at radius 2 is 1.44 bits per heavy atom. The summed E-state index contributed by atoms with van der Waals surface area (Å²) in [5, 5.41) is 7.42. The van der Waals surface area contributed by atoms with Crippen molar-refractivity contribution in [3.05, 3.63) is 0 Å². The number of rotatable bonds is 2. The molecule has 1 aliphatic rings. The van der Waals surface area contributed by atoms with Crippen LogP contribution >= 0.6 is 0 Å². The second kappa shape index (κ2) is 12.5. The first kappa shape index (κ1) is 17.9. The van der Waals surface area contributed by atoms with Gasteiger partial charge in [0.1, 0.15) is 0 Å². The molecule has 0 heterocycles. The number of carboxylic acid groups (broad SMARTS) is 1. The molecule has 1 N–H and O–H groups in total. The van der Waals surface area contributed by atoms with Crippen molar-refractivity contribution in [2.24, 2.45) is 11.8 Å². The Kier molecular flexibility index (Phi) is 14.0. The van der Waals surface area contributed by atoms with Crippen LogP contribution in [0.15, 0.2) is 0 Å². The Hall–Kier alpha value is -0.530. The van der Waals surface area contributed by atoms with Gasteiger partial charge < -0.3 is 5.11 Å². The van der Waals surface area contributed by atoms with Crippen LogP contribution < -0.4 is 0 Å². The van der Waals surface area contributed by atoms with Crippen LogP contribution in [-0.4, -0.2) is 11.1 Å². The van der Waals surface area contributed by atoms with Crippen LogP contribution in [-0.2, 0) is 4.79 Å². The average Bonchev–Trinajstić information content (AvgIpc) is 2.31. The summed E-state index contributed by atoms with van der Waals surface area (Å²) in [5.74, 6) is 1.30. The van der Waals surface area contributed by atoms with Gasteiger partial charge >= 0.3 is 0 Å². The van der Waals surface area contributed by atoms with Crippen molar-refractivity contribution in [3.63, 3.8) is 0 Å². The Morgan fingerprint density at radius 3 is 1.69 bits per heavy atom. The van der Waals surface area contributed by atoms with E-state index < -0.39 is 5.97 Å². The highest BCUT2D eigenvalue weighted by atomic mass is 16.4. The summed E-state index contributed by atoms with van der Waals surface area (Å²) in [6.07, 6.45) is 8.86. The van der Waals surface area contributed by atoms with Crippen LogP contribution in [0.1, 0.15) is 73.1 Å². The molecule has 0 amide bonds. The summed E-state index contributed by atoms with van der Waals surface area (Å²) in [4.78, 5) is 9.00. The fourth-order valence-electron chi connectivity index (χ4n) is 2.14. The highest BCUT2D eigenvalue weighted by Crippen LogP contribution is 2.32. The zero-order valence-electron chi connectivity index (χ0n) is 11.8. The lowest BCUT2D eigenvalue weighted by atomic mass is 9.79. The van der Waals surface area contributed by atoms with E-state index in [1.165, 1.54) is 38.5 Å². The molecule has 0 aromatic carbocycles. The van der Waals surface area contributed by atoms with Gasteiger partial charge in [0, 0.05) is 6.92 Å². The first-order valence-corrected chi connectivity index (χ1v) is 6.79. The van der Waals surface area contributed by atoms with Gasteiger partial charge in [0.05, 0.1) is 0 Å². The van der Waals surface area contributed by atoms with Crippen molar-refractivity contribution in [1.82, 2.24) is 0 Å². The van der Waals surface area contributed by atoms with Gasteiger partial charge in [0.15, 0.2) is 0 Å². The summed E-state index contributed by atoms with van der Waals surface area (Å²) < 4.78 is 0. The second-order valence-electron chi connectivity index (χ2n) is 4.23. The summed E-state index contributed by atoms with van der Waals surface area (Å²) in [6.45, 7) is 9.76. The lowest BCUT2D eigenvalue weighted by molar-refractivity contribution is -0.134. The molecule has 0 aliphatic heterocycles. The fraction of sp³-hybridized carbons (Fsp3) is 0.929. The van der Waals surface area contributed by atoms with Crippen LogP contribution in [0.2, 0.25) is 0 Å². The molecule has 2 atom stereocenters. The van der Waals surface area contributed by atoms with E-state index in [1.54, 1.807) is 0 Å². The third kappa shape index (κ3) is 11.5. The average molecular weight is 230 g/mol. The quantitative estimate of drug-likeness (QED) is 0.744. The normalized spacial score (nSPS) is 23.3. The minimum Gasteiger partial charge on any atom is -0.481 e. The van der Waals surface area contributed by atoms with E-state index in [-0.39, 0.29) is 0 Å². The molecule has 16 heavy (non-hydrogen) atoms. The minimum absolute atomic E-state index is 0.833. The molecule has 0 radical (unpaired) electrons. The molecule has 0 spiro atoms. The Balaban J connectivity index is 0. The molecule has 2 heteroatoms. The van der Waals surface area contributed by atoms with Crippen LogP contribution in [0.5, 0.6) is 0 Å². The van der Waals surface area contributed by atoms with E-state index in [1.807, 2.05) is 13.8 Å². The minimum atomic E-state index is -0.833. The molecular formula is C14H30O2. The maximum Gasteiger partial charge on any atom is 0.300 e. The first-order valence-electron chi connectivity index (χ1n) is 6.79. The van der Waals surface area contributed by atoms with Crippen molar-refractivity contribution in [3.8, 4) is 0 Å². The molecule has 98 valence electrons. The van der Waals surface area contributed by atoms with Crippen LogP contribution in [0.3, 0.4) is 0 Å². The lowest BCUT2D eigenvalue weighted by Gasteiger charge is -2.27. The summed E-state index contributed by atoms with van der Waals surface area (Å²) in [6, 6.07) is 0. The molecule has 1 fully saturated rings. The van der Waals surface area contributed by atoms with E-state index in [9.17, 15) is 0 Å². The van der Waals surface area contributed by atoms with Crippen LogP contribution in [0, 0.1) is 11.8 Å². The zero-order valence-corrected chi connectivity index (χ0v) is 11.8. The molecule has 2 nitrogen and oxygen atoms in total. The van der Waals surface area contributed by atoms with Gasteiger partial charge in [-0.15, -0.1) is 0 Å². The van der Waals surface area contributed by atoms with Gasteiger partial charge in [0.2, 0.25) is 0 Å².